The number of alkyl halides is 3. The third kappa shape index (κ3) is 4.43. The molecule has 0 saturated heterocycles. The summed E-state index contributed by atoms with van der Waals surface area (Å²) in [5.74, 6) is -0.454. The lowest BCUT2D eigenvalue weighted by Crippen LogP contribution is -2.18. The zero-order valence-corrected chi connectivity index (χ0v) is 11.8. The third-order valence-corrected chi connectivity index (χ3v) is 4.56. The summed E-state index contributed by atoms with van der Waals surface area (Å²) in [6.07, 6.45) is -1.64. The van der Waals surface area contributed by atoms with E-state index in [0.29, 0.717) is 0 Å². The zero-order valence-electron chi connectivity index (χ0n) is 10.1. The van der Waals surface area contributed by atoms with Crippen LogP contribution in [0.1, 0.15) is 28.4 Å². The number of thiazole rings is 1. The first kappa shape index (κ1) is 14.7. The van der Waals surface area contributed by atoms with Crippen molar-refractivity contribution in [1.82, 2.24) is 10.3 Å². The van der Waals surface area contributed by atoms with Crippen molar-refractivity contribution in [2.24, 2.45) is 0 Å². The van der Waals surface area contributed by atoms with Crippen molar-refractivity contribution in [1.29, 1.82) is 0 Å². The molecule has 1 aromatic rings. The fraction of sp³-hybridized carbons (Fsp3) is 0.700. The van der Waals surface area contributed by atoms with Gasteiger partial charge >= 0.3 is 6.18 Å². The molecule has 1 aromatic heterocycles. The maximum absolute atomic E-state index is 12.8. The summed E-state index contributed by atoms with van der Waals surface area (Å²) < 4.78 is 60.6. The first-order valence-corrected chi connectivity index (χ1v) is 8.50. The molecule has 4 nitrogen and oxygen atoms in total. The van der Waals surface area contributed by atoms with Crippen LogP contribution in [-0.2, 0) is 28.3 Å². The number of sulfone groups is 1. The Balaban J connectivity index is 2.22. The van der Waals surface area contributed by atoms with E-state index in [1.54, 1.807) is 0 Å². The van der Waals surface area contributed by atoms with Crippen molar-refractivity contribution in [3.05, 3.63) is 15.6 Å². The third-order valence-electron chi connectivity index (χ3n) is 2.52. The van der Waals surface area contributed by atoms with Crippen LogP contribution in [0.15, 0.2) is 0 Å². The van der Waals surface area contributed by atoms with Crippen molar-refractivity contribution in [3.63, 3.8) is 0 Å². The average molecular weight is 314 g/mol. The topological polar surface area (TPSA) is 59.1 Å². The minimum atomic E-state index is -4.55. The Hall–Kier alpha value is -0.670. The first-order valence-electron chi connectivity index (χ1n) is 5.62. The SMILES string of the molecule is CS(=O)(=O)Cc1nc(C(F)(F)F)c(CNC2CC2)s1. The lowest BCUT2D eigenvalue weighted by Gasteiger charge is -2.06. The lowest BCUT2D eigenvalue weighted by atomic mass is 10.3. The van der Waals surface area contributed by atoms with Crippen LogP contribution in [0.4, 0.5) is 13.2 Å². The largest absolute Gasteiger partial charge is 0.434 e. The molecule has 1 aliphatic rings. The number of aromatic nitrogens is 1. The second-order valence-electron chi connectivity index (χ2n) is 4.60. The van der Waals surface area contributed by atoms with Gasteiger partial charge in [0, 0.05) is 18.8 Å². The van der Waals surface area contributed by atoms with Crippen molar-refractivity contribution in [2.75, 3.05) is 6.26 Å². The van der Waals surface area contributed by atoms with Crippen molar-refractivity contribution in [3.8, 4) is 0 Å². The van der Waals surface area contributed by atoms with E-state index in [1.807, 2.05) is 0 Å². The Morgan fingerprint density at radius 3 is 2.53 bits per heavy atom. The molecule has 1 aliphatic carbocycles. The number of nitrogens with one attached hydrogen (secondary N) is 1. The maximum atomic E-state index is 12.8. The van der Waals surface area contributed by atoms with E-state index in [4.69, 9.17) is 0 Å². The van der Waals surface area contributed by atoms with E-state index in [0.717, 1.165) is 30.4 Å². The molecule has 1 heterocycles. The van der Waals surface area contributed by atoms with Gasteiger partial charge in [-0.1, -0.05) is 0 Å². The molecular weight excluding hydrogens is 301 g/mol. The van der Waals surface area contributed by atoms with Crippen LogP contribution in [0, 0.1) is 0 Å². The predicted molar refractivity (Wildman–Crippen MR) is 65.5 cm³/mol. The van der Waals surface area contributed by atoms with E-state index in [9.17, 15) is 21.6 Å². The number of nitrogens with zero attached hydrogens (tertiary/aromatic N) is 1. The minimum Gasteiger partial charge on any atom is -0.309 e. The van der Waals surface area contributed by atoms with Gasteiger partial charge in [-0.25, -0.2) is 13.4 Å². The summed E-state index contributed by atoms with van der Waals surface area (Å²) in [5, 5.41) is 2.97. The highest BCUT2D eigenvalue weighted by atomic mass is 32.2. The Labute approximate surface area is 113 Å². The van der Waals surface area contributed by atoms with Crippen molar-refractivity contribution in [2.45, 2.75) is 37.4 Å². The minimum absolute atomic E-state index is 0.0116. The highest BCUT2D eigenvalue weighted by Gasteiger charge is 2.38. The Morgan fingerprint density at radius 2 is 2.05 bits per heavy atom. The predicted octanol–water partition coefficient (Wildman–Crippen LogP) is 1.96. The van der Waals surface area contributed by atoms with Gasteiger partial charge < -0.3 is 5.32 Å². The summed E-state index contributed by atoms with van der Waals surface area (Å²) in [7, 11) is -3.38. The van der Waals surface area contributed by atoms with Gasteiger partial charge in [-0.2, -0.15) is 13.2 Å². The van der Waals surface area contributed by atoms with Crippen LogP contribution in [0.3, 0.4) is 0 Å². The number of rotatable bonds is 5. The van der Waals surface area contributed by atoms with Crippen LogP contribution in [0.5, 0.6) is 0 Å². The molecule has 0 spiro atoms. The highest BCUT2D eigenvalue weighted by molar-refractivity contribution is 7.90. The highest BCUT2D eigenvalue weighted by Crippen LogP contribution is 2.35. The van der Waals surface area contributed by atoms with Crippen LogP contribution in [0.2, 0.25) is 0 Å². The molecule has 108 valence electrons. The Kier molecular flexibility index (Phi) is 3.90. The molecule has 1 fully saturated rings. The molecule has 0 atom stereocenters. The van der Waals surface area contributed by atoms with E-state index in [-0.39, 0.29) is 22.5 Å². The molecule has 1 saturated carbocycles. The summed E-state index contributed by atoms with van der Waals surface area (Å²) in [4.78, 5) is 3.49. The summed E-state index contributed by atoms with van der Waals surface area (Å²) >= 11 is 0.810. The standard InChI is InChI=1S/C10H13F3N2O2S2/c1-19(16,17)5-8-15-9(10(11,12)13)7(18-8)4-14-6-2-3-6/h6,14H,2-5H2,1H3. The van der Waals surface area contributed by atoms with Gasteiger partial charge in [-0.3, -0.25) is 0 Å². The van der Waals surface area contributed by atoms with Gasteiger partial charge in [0.2, 0.25) is 0 Å². The fourth-order valence-electron chi connectivity index (χ4n) is 1.55. The molecule has 2 rings (SSSR count). The van der Waals surface area contributed by atoms with Crippen LogP contribution in [-0.4, -0.2) is 25.7 Å². The van der Waals surface area contributed by atoms with E-state index in [1.165, 1.54) is 0 Å². The molecule has 0 bridgehead atoms. The van der Waals surface area contributed by atoms with Gasteiger partial charge in [-0.15, -0.1) is 11.3 Å². The van der Waals surface area contributed by atoms with Crippen LogP contribution >= 0.6 is 11.3 Å². The first-order chi connectivity index (χ1) is 8.65. The number of halogens is 3. The van der Waals surface area contributed by atoms with Gasteiger partial charge in [0.1, 0.15) is 10.8 Å². The van der Waals surface area contributed by atoms with Crippen molar-refractivity contribution >= 4 is 21.2 Å². The molecule has 1 N–H and O–H groups in total. The van der Waals surface area contributed by atoms with Gasteiger partial charge in [0.25, 0.3) is 0 Å². The quantitative estimate of drug-likeness (QED) is 0.902. The van der Waals surface area contributed by atoms with Gasteiger partial charge in [0.05, 0.1) is 4.88 Å². The van der Waals surface area contributed by atoms with Crippen LogP contribution < -0.4 is 5.32 Å². The summed E-state index contributed by atoms with van der Waals surface area (Å²) in [6, 6.07) is 0.279. The second kappa shape index (κ2) is 5.02. The van der Waals surface area contributed by atoms with E-state index < -0.39 is 27.5 Å². The lowest BCUT2D eigenvalue weighted by molar-refractivity contribution is -0.141. The Morgan fingerprint density at radius 1 is 1.42 bits per heavy atom. The number of hydrogen-bond donors (Lipinski definition) is 1. The fourth-order valence-corrected chi connectivity index (χ4v) is 3.78. The monoisotopic (exact) mass is 314 g/mol. The maximum Gasteiger partial charge on any atom is 0.434 e. The van der Waals surface area contributed by atoms with Crippen molar-refractivity contribution < 1.29 is 21.6 Å². The van der Waals surface area contributed by atoms with E-state index >= 15 is 0 Å². The zero-order chi connectivity index (χ0) is 14.3. The molecular formula is C10H13F3N2O2S2. The normalized spacial score (nSPS) is 16.8. The van der Waals surface area contributed by atoms with Gasteiger partial charge in [-0.05, 0) is 12.8 Å². The smallest absolute Gasteiger partial charge is 0.309 e. The second-order valence-corrected chi connectivity index (χ2v) is 7.91. The molecule has 0 aliphatic heterocycles. The average Bonchev–Trinajstić information content (AvgIpc) is 2.94. The molecule has 9 heteroatoms. The van der Waals surface area contributed by atoms with Gasteiger partial charge in [0.15, 0.2) is 15.5 Å². The summed E-state index contributed by atoms with van der Waals surface area (Å²) in [6.45, 7) is 0.0843. The van der Waals surface area contributed by atoms with E-state index in [2.05, 4.69) is 10.3 Å². The molecule has 0 amide bonds. The molecule has 19 heavy (non-hydrogen) atoms. The number of hydrogen-bond acceptors (Lipinski definition) is 5. The van der Waals surface area contributed by atoms with Crippen LogP contribution in [0.25, 0.3) is 0 Å². The molecule has 0 aromatic carbocycles. The molecule has 0 unspecified atom stereocenters. The molecule has 0 radical (unpaired) electrons. The summed E-state index contributed by atoms with van der Waals surface area (Å²) in [5.41, 5.74) is -0.968. The Bertz CT molecular complexity index is 562.